The van der Waals surface area contributed by atoms with Gasteiger partial charge in [0.2, 0.25) is 12.0 Å². The molecule has 1 unspecified atom stereocenters. The topological polar surface area (TPSA) is 349 Å². The molecule has 1 aromatic heterocycles. The zero-order valence-corrected chi connectivity index (χ0v) is 61.0. The number of hydrazine groups is 1. The summed E-state index contributed by atoms with van der Waals surface area (Å²) in [5.41, 5.74) is 20.6. The second-order valence-electron chi connectivity index (χ2n) is 28.6. The largest absolute Gasteiger partial charge is 0.481 e. The summed E-state index contributed by atoms with van der Waals surface area (Å²) in [6.07, 6.45) is 17.8. The maximum Gasteiger partial charge on any atom is 0.352 e. The number of carbonyl (C=O) groups is 4. The van der Waals surface area contributed by atoms with E-state index in [9.17, 15) is 24.0 Å². The van der Waals surface area contributed by atoms with Gasteiger partial charge in [-0.2, -0.15) is 0 Å². The van der Waals surface area contributed by atoms with Gasteiger partial charge >= 0.3 is 17.9 Å². The number of benzene rings is 2. The molecule has 3 heterocycles. The van der Waals surface area contributed by atoms with Crippen LogP contribution in [0.25, 0.3) is 22.0 Å². The summed E-state index contributed by atoms with van der Waals surface area (Å²) in [6.45, 7) is 29.6. The van der Waals surface area contributed by atoms with E-state index in [2.05, 4.69) is 67.0 Å². The van der Waals surface area contributed by atoms with Crippen LogP contribution in [0.3, 0.4) is 0 Å². The van der Waals surface area contributed by atoms with Crippen molar-refractivity contribution in [2.75, 3.05) is 203 Å². The van der Waals surface area contributed by atoms with Crippen LogP contribution >= 0.6 is 0 Å². The summed E-state index contributed by atoms with van der Waals surface area (Å²) in [6, 6.07) is 16.5. The molecule has 0 bridgehead atoms. The number of amides is 1. The minimum absolute atomic E-state index is 0.231. The molecule has 0 spiro atoms. The van der Waals surface area contributed by atoms with Crippen molar-refractivity contribution in [1.29, 1.82) is 0 Å². The third kappa shape index (κ3) is 29.0. The number of carboxylic acids is 1. The van der Waals surface area contributed by atoms with Crippen LogP contribution in [0.5, 0.6) is 0 Å². The predicted octanol–water partition coefficient (Wildman–Crippen LogP) is 0.708. The molecule has 0 saturated heterocycles. The number of nitrogens with one attached hydrogen (secondary N) is 8. The Morgan fingerprint density at radius 3 is 1.64 bits per heavy atom. The Morgan fingerprint density at radius 1 is 0.545 bits per heavy atom. The molecule has 1 atom stereocenters. The summed E-state index contributed by atoms with van der Waals surface area (Å²) < 4.78 is 12.0. The molecular weight excluding hydrogens is 1280 g/mol. The number of unbranched alkanes of at least 4 members (excludes halogenated alkanes) is 2. The number of hydrogen-bond donors (Lipinski definition) is 13. The second kappa shape index (κ2) is 46.6. The highest BCUT2D eigenvalue weighted by Crippen LogP contribution is 2.38. The number of esters is 2. The number of carboxylic acid groups (broad SMARTS) is 1. The number of carbonyl (C=O) groups excluding carboxylic acids is 3. The SMILES string of the molecule is NCCNCCN(CCNCCN(CCCCCN(CCN)CCN(CCNC1CCC1)CCN(CCN)CCNC1CCC1)CCN(N)CCNCCNCCNC1CCC1)C1CCC1.O=C(O)CCC(=O)NCC(=O)OC1C(=O)OCc2c1cc1n(c2=O)Cc2cc3ccccc3cc2-1. The van der Waals surface area contributed by atoms with E-state index in [4.69, 9.17) is 37.6 Å². The van der Waals surface area contributed by atoms with Gasteiger partial charge in [0.1, 0.15) is 13.2 Å². The fourth-order valence-electron chi connectivity index (χ4n) is 13.9. The van der Waals surface area contributed by atoms with Gasteiger partial charge in [-0.25, -0.2) is 9.80 Å². The molecule has 101 heavy (non-hydrogen) atoms. The monoisotopic (exact) mass is 1410 g/mol. The predicted molar refractivity (Wildman–Crippen MR) is 401 cm³/mol. The van der Waals surface area contributed by atoms with E-state index in [1.807, 2.05) is 41.4 Å². The van der Waals surface area contributed by atoms with Crippen molar-refractivity contribution < 1.29 is 33.8 Å². The molecule has 3 aromatic rings. The van der Waals surface area contributed by atoms with E-state index in [0.717, 1.165) is 229 Å². The number of cyclic esters (lactones) is 1. The van der Waals surface area contributed by atoms with Gasteiger partial charge in [0.15, 0.2) is 0 Å². The van der Waals surface area contributed by atoms with Gasteiger partial charge in [-0.15, -0.1) is 0 Å². The van der Waals surface area contributed by atoms with Crippen molar-refractivity contribution in [2.24, 2.45) is 23.0 Å². The van der Waals surface area contributed by atoms with Crippen LogP contribution in [0.15, 0.2) is 47.3 Å². The van der Waals surface area contributed by atoms with E-state index in [1.54, 1.807) is 10.6 Å². The van der Waals surface area contributed by atoms with Crippen LogP contribution in [0.2, 0.25) is 0 Å². The van der Waals surface area contributed by atoms with Crippen molar-refractivity contribution in [1.82, 2.24) is 76.6 Å². The van der Waals surface area contributed by atoms with Crippen molar-refractivity contribution in [3.63, 3.8) is 0 Å². The molecule has 4 saturated carbocycles. The minimum Gasteiger partial charge on any atom is -0.481 e. The summed E-state index contributed by atoms with van der Waals surface area (Å²) in [4.78, 5) is 73.5. The number of hydrogen-bond acceptors (Lipinski definition) is 24. The van der Waals surface area contributed by atoms with Gasteiger partial charge in [0, 0.05) is 225 Å². The van der Waals surface area contributed by atoms with E-state index < -0.39 is 36.5 Å². The number of nitrogens with zero attached hydrogens (tertiary/aromatic N) is 7. The van der Waals surface area contributed by atoms with E-state index in [1.165, 1.54) is 96.3 Å². The lowest BCUT2D eigenvalue weighted by atomic mass is 9.91. The van der Waals surface area contributed by atoms with Gasteiger partial charge in [-0.1, -0.05) is 56.4 Å². The molecular formula is C74H129N19O8. The van der Waals surface area contributed by atoms with Crippen molar-refractivity contribution in [3.8, 4) is 11.3 Å². The third-order valence-corrected chi connectivity index (χ3v) is 21.1. The molecule has 4 fully saturated rings. The number of rotatable bonds is 55. The fraction of sp³-hybridized carbons (Fsp3) is 0.743. The summed E-state index contributed by atoms with van der Waals surface area (Å²) in [5.74, 6) is 3.04. The van der Waals surface area contributed by atoms with Crippen LogP contribution in [0.4, 0.5) is 0 Å². The van der Waals surface area contributed by atoms with Gasteiger partial charge in [-0.05, 0) is 112 Å². The first kappa shape index (κ1) is 81.5. The molecule has 4 aliphatic carbocycles. The standard InChI is InChI=1S/C49H109N17.C25H20N2O8/c50-16-19-54-25-37-65(49-14-7-15-49)38-26-57-24-34-62(44-45-66(53)39-27-56-21-20-55-22-23-58-46-8-4-9-46)31-3-1-2-30-61(32-17-51)40-42-64(36-29-60-48-12-6-13-48)43-41-63(33-18-52)35-28-59-47-10-5-11-47;28-20(5-6-21(29)30)26-10-22(31)35-23-17-9-19-16-8-14-4-2-1-3-13(14)7-15(16)11-27(19)24(32)18(17)12-34-25(23)33/h46-49,54-60H,1-45,50-53H2;1-4,7-9,23H,5-6,10-12H2,(H,26,28)(H,29,30). The highest BCUT2D eigenvalue weighted by molar-refractivity contribution is 5.91. The van der Waals surface area contributed by atoms with Crippen LogP contribution in [0.1, 0.15) is 132 Å². The maximum absolute atomic E-state index is 13.3. The van der Waals surface area contributed by atoms with Crippen LogP contribution in [-0.2, 0) is 41.8 Å². The minimum atomic E-state index is -1.45. The van der Waals surface area contributed by atoms with Gasteiger partial charge < -0.3 is 88.7 Å². The fourth-order valence-corrected chi connectivity index (χ4v) is 13.9. The van der Waals surface area contributed by atoms with Crippen LogP contribution in [0, 0.1) is 0 Å². The molecule has 27 nitrogen and oxygen atoms in total. The molecule has 0 radical (unpaired) electrons. The number of fused-ring (bicyclic) bond motifs is 5. The Kier molecular flexibility index (Phi) is 37.6. The van der Waals surface area contributed by atoms with E-state index >= 15 is 0 Å². The van der Waals surface area contributed by atoms with Crippen molar-refractivity contribution in [3.05, 3.63) is 69.5 Å². The number of ether oxygens (including phenoxy) is 2. The maximum atomic E-state index is 13.3. The number of aromatic nitrogens is 1. The van der Waals surface area contributed by atoms with Gasteiger partial charge in [0.25, 0.3) is 5.56 Å². The van der Waals surface area contributed by atoms with E-state index in [0.29, 0.717) is 25.3 Å². The van der Waals surface area contributed by atoms with Crippen molar-refractivity contribution in [2.45, 2.75) is 153 Å². The van der Waals surface area contributed by atoms with Crippen LogP contribution in [-0.4, -0.2) is 290 Å². The molecule has 9 rings (SSSR count). The summed E-state index contributed by atoms with van der Waals surface area (Å²) in [7, 11) is 0. The van der Waals surface area contributed by atoms with E-state index in [-0.39, 0.29) is 36.1 Å². The quantitative estimate of drug-likeness (QED) is 0.0125. The number of pyridine rings is 1. The lowest BCUT2D eigenvalue weighted by molar-refractivity contribution is -0.171. The third-order valence-electron chi connectivity index (χ3n) is 21.1. The molecule has 2 aromatic carbocycles. The highest BCUT2D eigenvalue weighted by Gasteiger charge is 2.37. The average molecular weight is 1410 g/mol. The highest BCUT2D eigenvalue weighted by atomic mass is 16.6. The lowest BCUT2D eigenvalue weighted by Gasteiger charge is -2.37. The van der Waals surface area contributed by atoms with Crippen LogP contribution < -0.4 is 71.1 Å². The zero-order valence-electron chi connectivity index (χ0n) is 61.0. The Morgan fingerprint density at radius 2 is 1.06 bits per heavy atom. The van der Waals surface area contributed by atoms with Gasteiger partial charge in [0.05, 0.1) is 24.2 Å². The number of nitrogens with two attached hydrogens (primary N) is 4. The summed E-state index contributed by atoms with van der Waals surface area (Å²) in [5, 5.41) is 40.6. The Hall–Kier alpha value is -5.15. The molecule has 27 heteroatoms. The Labute approximate surface area is 601 Å². The zero-order chi connectivity index (χ0) is 71.2. The molecule has 568 valence electrons. The number of aliphatic carboxylic acids is 1. The van der Waals surface area contributed by atoms with Crippen molar-refractivity contribution >= 4 is 34.6 Å². The normalized spacial score (nSPS) is 16.9. The smallest absolute Gasteiger partial charge is 0.352 e. The Balaban J connectivity index is 0.000000307. The Bertz CT molecular complexity index is 2950. The molecule has 2 aliphatic heterocycles. The first-order valence-corrected chi connectivity index (χ1v) is 38.8. The first-order chi connectivity index (χ1) is 49.4. The lowest BCUT2D eigenvalue weighted by Crippen LogP contribution is -2.47. The van der Waals surface area contributed by atoms with Gasteiger partial charge in [-0.3, -0.25) is 39.7 Å². The molecule has 1 amide bonds. The summed E-state index contributed by atoms with van der Waals surface area (Å²) >= 11 is 0. The second-order valence-corrected chi connectivity index (χ2v) is 28.6. The average Bonchev–Trinajstić information content (AvgIpc) is 1.62. The molecule has 6 aliphatic rings. The first-order valence-electron chi connectivity index (χ1n) is 38.8. The molecule has 17 N–H and O–H groups in total.